The lowest BCUT2D eigenvalue weighted by atomic mass is 10.00. The van der Waals surface area contributed by atoms with E-state index in [-0.39, 0.29) is 64.1 Å². The Labute approximate surface area is 461 Å². The van der Waals surface area contributed by atoms with Crippen molar-refractivity contribution in [2.24, 2.45) is 28.9 Å². The van der Waals surface area contributed by atoms with Crippen LogP contribution in [0.2, 0.25) is 0 Å². The fraction of sp³-hybridized carbons (Fsp3) is 0.673. The van der Waals surface area contributed by atoms with Gasteiger partial charge in [-0.15, -0.1) is 0 Å². The fourth-order valence-corrected chi connectivity index (χ4v) is 8.44. The van der Waals surface area contributed by atoms with Gasteiger partial charge >= 0.3 is 0 Å². The Morgan fingerprint density at radius 2 is 1.13 bits per heavy atom. The molecule has 11 amide bonds. The molecule has 1 heterocycles. The minimum atomic E-state index is -1.70. The zero-order chi connectivity index (χ0) is 59.2. The van der Waals surface area contributed by atoms with E-state index in [1.54, 1.807) is 44.2 Å². The van der Waals surface area contributed by atoms with Crippen molar-refractivity contribution in [1.29, 1.82) is 0 Å². The molecule has 0 bridgehead atoms. The van der Waals surface area contributed by atoms with Gasteiger partial charge in [0.25, 0.3) is 0 Å². The molecule has 0 saturated carbocycles. The van der Waals surface area contributed by atoms with Crippen LogP contribution >= 0.6 is 0 Å². The normalized spacial score (nSPS) is 22.9. The number of hydrogen-bond donors (Lipinski definition) is 16. The summed E-state index contributed by atoms with van der Waals surface area (Å²) in [5, 5.41) is 46.7. The maximum atomic E-state index is 14.5. The first-order valence-corrected chi connectivity index (χ1v) is 27.2. The number of amides is 11. The van der Waals surface area contributed by atoms with Crippen LogP contribution in [-0.4, -0.2) is 168 Å². The van der Waals surface area contributed by atoms with Crippen molar-refractivity contribution >= 4 is 65.0 Å². The van der Waals surface area contributed by atoms with Crippen molar-refractivity contribution in [2.75, 3.05) is 26.2 Å². The van der Waals surface area contributed by atoms with Gasteiger partial charge in [0.05, 0.1) is 12.2 Å². The molecule has 444 valence electrons. The molecule has 79 heavy (non-hydrogen) atoms. The molecule has 0 radical (unpaired) electrons. The Hall–Kier alpha value is -6.81. The van der Waals surface area contributed by atoms with Crippen LogP contribution in [0.5, 0.6) is 0 Å². The predicted molar refractivity (Wildman–Crippen MR) is 291 cm³/mol. The van der Waals surface area contributed by atoms with Crippen LogP contribution in [0.3, 0.4) is 0 Å². The number of carbonyl (C=O) groups is 11. The number of aliphatic hydroxyl groups is 2. The van der Waals surface area contributed by atoms with E-state index in [0.717, 1.165) is 25.7 Å². The summed E-state index contributed by atoms with van der Waals surface area (Å²) in [5.41, 5.74) is 23.6. The number of aliphatic hydroxyl groups excluding tert-OH is 2. The first-order valence-electron chi connectivity index (χ1n) is 27.2. The number of nitrogens with two attached hydrogens (primary N) is 4. The summed E-state index contributed by atoms with van der Waals surface area (Å²) < 4.78 is 0. The maximum Gasteiger partial charge on any atom is 0.245 e. The quantitative estimate of drug-likeness (QED) is 0.0390. The van der Waals surface area contributed by atoms with E-state index in [2.05, 4.69) is 53.2 Å². The van der Waals surface area contributed by atoms with Crippen molar-refractivity contribution in [3.05, 3.63) is 35.9 Å². The summed E-state index contributed by atoms with van der Waals surface area (Å²) in [7, 11) is 0. The second kappa shape index (κ2) is 36.4. The second-order valence-electron chi connectivity index (χ2n) is 20.2. The topological polar surface area (TPSA) is 453 Å². The summed E-state index contributed by atoms with van der Waals surface area (Å²) in [6, 6.07) is -5.02. The molecule has 1 aromatic carbocycles. The lowest BCUT2D eigenvalue weighted by Crippen LogP contribution is -2.61. The van der Waals surface area contributed by atoms with Gasteiger partial charge in [-0.1, -0.05) is 76.8 Å². The number of primary amides is 1. The number of unbranched alkanes of at least 4 members (excludes halogenated alkanes) is 4. The zero-order valence-electron chi connectivity index (χ0n) is 46.2. The Kier molecular flexibility index (Phi) is 31.4. The lowest BCUT2D eigenvalue weighted by Gasteiger charge is -2.28. The highest BCUT2D eigenvalue weighted by Crippen LogP contribution is 2.12. The van der Waals surface area contributed by atoms with Gasteiger partial charge in [-0.2, -0.15) is 0 Å². The lowest BCUT2D eigenvalue weighted by molar-refractivity contribution is -0.136. The number of hydrogen-bond acceptors (Lipinski definition) is 16. The van der Waals surface area contributed by atoms with Crippen molar-refractivity contribution in [1.82, 2.24) is 53.2 Å². The molecule has 20 N–H and O–H groups in total. The molecule has 27 heteroatoms. The Morgan fingerprint density at radius 3 is 1.65 bits per heavy atom. The molecule has 1 aromatic rings. The fourth-order valence-electron chi connectivity index (χ4n) is 8.44. The average molecular weight is 1120 g/mol. The highest BCUT2D eigenvalue weighted by molar-refractivity contribution is 5.99. The summed E-state index contributed by atoms with van der Waals surface area (Å²) in [5.74, 6) is -10.1. The highest BCUT2D eigenvalue weighted by atomic mass is 16.3. The van der Waals surface area contributed by atoms with Crippen molar-refractivity contribution < 1.29 is 63.0 Å². The predicted octanol–water partition coefficient (Wildman–Crippen LogP) is -4.41. The monoisotopic (exact) mass is 1120 g/mol. The van der Waals surface area contributed by atoms with Crippen molar-refractivity contribution in [3.63, 3.8) is 0 Å². The van der Waals surface area contributed by atoms with E-state index < -0.39 is 157 Å². The number of benzene rings is 1. The summed E-state index contributed by atoms with van der Waals surface area (Å²) in [6.07, 6.45) is -0.835. The van der Waals surface area contributed by atoms with Gasteiger partial charge in [-0.05, 0) is 89.9 Å². The number of rotatable bonds is 26. The molecular weight excluding hydrogens is 1030 g/mol. The Balaban J connectivity index is 2.74. The van der Waals surface area contributed by atoms with Gasteiger partial charge in [-0.25, -0.2) is 0 Å². The van der Waals surface area contributed by atoms with E-state index in [4.69, 9.17) is 22.9 Å². The van der Waals surface area contributed by atoms with Crippen LogP contribution in [0.4, 0.5) is 0 Å². The third-order valence-corrected chi connectivity index (χ3v) is 12.8. The van der Waals surface area contributed by atoms with E-state index in [9.17, 15) is 63.0 Å². The molecule has 0 aliphatic carbocycles. The third kappa shape index (κ3) is 25.2. The van der Waals surface area contributed by atoms with Crippen LogP contribution < -0.4 is 76.1 Å². The van der Waals surface area contributed by atoms with Crippen LogP contribution in [-0.2, 0) is 59.2 Å². The first kappa shape index (κ1) is 68.3. The van der Waals surface area contributed by atoms with Crippen LogP contribution in [0.25, 0.3) is 0 Å². The molecule has 1 aliphatic rings. The van der Waals surface area contributed by atoms with Crippen molar-refractivity contribution in [3.8, 4) is 0 Å². The molecule has 0 unspecified atom stereocenters. The number of carbonyl (C=O) groups excluding carboxylic acids is 11. The molecule has 2 rings (SSSR count). The molecule has 1 fully saturated rings. The van der Waals surface area contributed by atoms with Crippen LogP contribution in [0, 0.1) is 5.92 Å². The largest absolute Gasteiger partial charge is 0.391 e. The highest BCUT2D eigenvalue weighted by Gasteiger charge is 2.37. The van der Waals surface area contributed by atoms with Gasteiger partial charge in [0.15, 0.2) is 0 Å². The van der Waals surface area contributed by atoms with Gasteiger partial charge in [0.1, 0.15) is 54.4 Å². The van der Waals surface area contributed by atoms with E-state index in [0.29, 0.717) is 12.0 Å². The molecule has 0 spiro atoms. The Morgan fingerprint density at radius 1 is 0.620 bits per heavy atom. The third-order valence-electron chi connectivity index (χ3n) is 12.8. The minimum absolute atomic E-state index is 0.0462. The molecular formula is C52H88N14O13. The number of nitrogens with one attached hydrogen (secondary N) is 10. The summed E-state index contributed by atoms with van der Waals surface area (Å²) >= 11 is 0. The zero-order valence-corrected chi connectivity index (χ0v) is 46.2. The van der Waals surface area contributed by atoms with Gasteiger partial charge in [0, 0.05) is 25.8 Å². The smallest absolute Gasteiger partial charge is 0.245 e. The maximum absolute atomic E-state index is 14.5. The van der Waals surface area contributed by atoms with Crippen LogP contribution in [0.1, 0.15) is 124 Å². The van der Waals surface area contributed by atoms with Gasteiger partial charge < -0.3 is 86.3 Å². The van der Waals surface area contributed by atoms with Crippen LogP contribution in [0.15, 0.2) is 30.3 Å². The standard InChI is InChI=1S/C52H88N14O13/c1-6-7-8-9-13-16-41(70)65-43(31(5)68)52(79)62-33(17-18-40(56)69)44(71)61-37-22-26-57-51(78)42(30(4)67)66-48(75)36(21-25-55)59-45(72)34(19-23-53)60-49(76)38(27-29(2)3)63-50(77)39(28-32-14-11-10-12-15-32)64-46(73)35(20-24-54)58-47(37)74/h10-12,14-15,29-31,33-39,42-43,67-68H,6-9,13,16-28,53-55H2,1-5H3,(H2,56,69)(H,57,78)(H,58,74)(H,59,72)(H,60,76)(H,61,71)(H,62,79)(H,63,77)(H,64,73)(H,65,70)(H,66,75)/t30-,31-,33+,34+,35+,36+,37+,38+,39-,42+,43+/m1/s1. The minimum Gasteiger partial charge on any atom is -0.391 e. The van der Waals surface area contributed by atoms with E-state index in [1.165, 1.54) is 13.8 Å². The first-order chi connectivity index (χ1) is 37.5. The van der Waals surface area contributed by atoms with E-state index >= 15 is 0 Å². The molecule has 27 nitrogen and oxygen atoms in total. The molecule has 1 saturated heterocycles. The Bertz CT molecular complexity index is 2170. The summed E-state index contributed by atoms with van der Waals surface area (Å²) in [6.45, 7) is 7.12. The molecule has 1 aliphatic heterocycles. The molecule has 11 atom stereocenters. The van der Waals surface area contributed by atoms with E-state index in [1.807, 2.05) is 6.92 Å². The summed E-state index contributed by atoms with van der Waals surface area (Å²) in [4.78, 5) is 152. The molecule has 0 aromatic heterocycles. The second-order valence-corrected chi connectivity index (χ2v) is 20.2. The SMILES string of the molecule is CCCCCCCC(=O)N[C@H](C(=O)N[C@@H](CCC(N)=O)C(=O)N[C@H]1CCNC(=O)[C@H]([C@@H](C)O)NC(=O)[C@H](CCN)NC(=O)[C@H](CCN)NC(=O)[C@H](CC(C)C)NC(=O)[C@@H](Cc2ccccc2)NC(=O)[C@H](CCN)NC1=O)[C@@H](C)O. The average Bonchev–Trinajstić information content (AvgIpc) is 3.38. The van der Waals surface area contributed by atoms with Crippen molar-refractivity contribution in [2.45, 2.75) is 191 Å². The van der Waals surface area contributed by atoms with Gasteiger partial charge in [-0.3, -0.25) is 52.7 Å². The van der Waals surface area contributed by atoms with Gasteiger partial charge in [0.2, 0.25) is 65.0 Å².